The summed E-state index contributed by atoms with van der Waals surface area (Å²) in [6.07, 6.45) is 0. The SMILES string of the molecule is CC1(C)c2ccccc2-c2cc3ccc4ccc(-c5ccc6cc(-c7ccc8c9ccccc9c9ccccc9c8c7)ccc6c5)cc4c3cc21. The molecule has 0 nitrogen and oxygen atoms in total. The monoisotopic (exact) mass is 646 g/mol. The summed E-state index contributed by atoms with van der Waals surface area (Å²) in [4.78, 5) is 0. The molecule has 1 aliphatic carbocycles. The highest BCUT2D eigenvalue weighted by molar-refractivity contribution is 6.25. The lowest BCUT2D eigenvalue weighted by Gasteiger charge is -2.22. The average Bonchev–Trinajstić information content (AvgIpc) is 3.41. The molecule has 0 unspecified atom stereocenters. The smallest absolute Gasteiger partial charge is 0.0159 e. The third-order valence-corrected chi connectivity index (χ3v) is 11.8. The molecule has 0 N–H and O–H groups in total. The van der Waals surface area contributed by atoms with Crippen LogP contribution in [0.3, 0.4) is 0 Å². The molecule has 0 saturated heterocycles. The Morgan fingerprint density at radius 2 is 0.725 bits per heavy atom. The molecule has 0 bridgehead atoms. The van der Waals surface area contributed by atoms with Crippen LogP contribution in [0.1, 0.15) is 25.0 Å². The van der Waals surface area contributed by atoms with E-state index in [1.807, 2.05) is 0 Å². The highest BCUT2D eigenvalue weighted by Crippen LogP contribution is 2.50. The zero-order valence-electron chi connectivity index (χ0n) is 28.7. The minimum atomic E-state index is -0.0217. The van der Waals surface area contributed by atoms with E-state index in [0.29, 0.717) is 0 Å². The molecule has 10 aromatic rings. The van der Waals surface area contributed by atoms with Crippen LogP contribution in [0.5, 0.6) is 0 Å². The van der Waals surface area contributed by atoms with E-state index < -0.39 is 0 Å². The van der Waals surface area contributed by atoms with E-state index in [0.717, 1.165) is 0 Å². The van der Waals surface area contributed by atoms with E-state index >= 15 is 0 Å². The zero-order valence-corrected chi connectivity index (χ0v) is 28.7. The Hall–Kier alpha value is -6.24. The molecular weight excluding hydrogens is 613 g/mol. The molecule has 10 aromatic carbocycles. The topological polar surface area (TPSA) is 0 Å². The second kappa shape index (κ2) is 10.4. The molecule has 51 heavy (non-hydrogen) atoms. The maximum absolute atomic E-state index is 2.47. The van der Waals surface area contributed by atoms with Crippen molar-refractivity contribution in [3.05, 3.63) is 181 Å². The third kappa shape index (κ3) is 4.14. The highest BCUT2D eigenvalue weighted by Gasteiger charge is 2.35. The molecule has 1 aliphatic rings. The summed E-state index contributed by atoms with van der Waals surface area (Å²) in [5, 5.41) is 15.6. The van der Waals surface area contributed by atoms with Crippen molar-refractivity contribution in [3.63, 3.8) is 0 Å². The molecule has 0 atom stereocenters. The van der Waals surface area contributed by atoms with Gasteiger partial charge in [-0.1, -0.05) is 147 Å². The van der Waals surface area contributed by atoms with Gasteiger partial charge in [0.1, 0.15) is 0 Å². The minimum Gasteiger partial charge on any atom is -0.0619 e. The zero-order chi connectivity index (χ0) is 33.8. The molecule has 0 fully saturated rings. The molecule has 0 heterocycles. The molecule has 0 aliphatic heterocycles. The van der Waals surface area contributed by atoms with E-state index in [1.165, 1.54) is 109 Å². The molecule has 0 amide bonds. The normalized spacial score (nSPS) is 13.5. The standard InChI is InChI=1S/C51H34/c1-51(2)49-14-8-7-13-44(49)48-29-38-22-16-31-15-17-36(27-45(31)46(38)30-50(48)51)34-20-18-33-26-35(21-19-32(33)25-34)37-23-24-43-41-11-4-3-9-39(41)40-10-5-6-12-42(40)47(43)28-37/h3-30H,1-2H3. The Bertz CT molecular complexity index is 3070. The third-order valence-electron chi connectivity index (χ3n) is 11.8. The van der Waals surface area contributed by atoms with E-state index in [4.69, 9.17) is 0 Å². The lowest BCUT2D eigenvalue weighted by molar-refractivity contribution is 0.661. The predicted molar refractivity (Wildman–Crippen MR) is 220 cm³/mol. The van der Waals surface area contributed by atoms with Gasteiger partial charge in [0, 0.05) is 5.41 Å². The van der Waals surface area contributed by atoms with Crippen LogP contribution in [-0.4, -0.2) is 0 Å². The van der Waals surface area contributed by atoms with Crippen LogP contribution in [0.15, 0.2) is 170 Å². The Balaban J connectivity index is 1.00. The summed E-state index contributed by atoms with van der Waals surface area (Å²) < 4.78 is 0. The van der Waals surface area contributed by atoms with Gasteiger partial charge < -0.3 is 0 Å². The van der Waals surface area contributed by atoms with Crippen LogP contribution < -0.4 is 0 Å². The van der Waals surface area contributed by atoms with Gasteiger partial charge in [0.15, 0.2) is 0 Å². The second-order valence-electron chi connectivity index (χ2n) is 14.9. The molecule has 238 valence electrons. The maximum atomic E-state index is 2.47. The van der Waals surface area contributed by atoms with Crippen molar-refractivity contribution in [2.45, 2.75) is 19.3 Å². The first-order valence-electron chi connectivity index (χ1n) is 18.0. The van der Waals surface area contributed by atoms with Crippen molar-refractivity contribution >= 4 is 64.6 Å². The van der Waals surface area contributed by atoms with Crippen molar-refractivity contribution in [2.75, 3.05) is 0 Å². The van der Waals surface area contributed by atoms with Crippen molar-refractivity contribution in [2.24, 2.45) is 0 Å². The predicted octanol–water partition coefficient (Wildman–Crippen LogP) is 14.2. The van der Waals surface area contributed by atoms with Crippen molar-refractivity contribution < 1.29 is 0 Å². The van der Waals surface area contributed by atoms with Gasteiger partial charge >= 0.3 is 0 Å². The van der Waals surface area contributed by atoms with Gasteiger partial charge in [0.05, 0.1) is 0 Å². The Morgan fingerprint density at radius 3 is 1.39 bits per heavy atom. The van der Waals surface area contributed by atoms with Crippen LogP contribution in [0.25, 0.3) is 98.0 Å². The number of benzene rings is 10. The fourth-order valence-electron chi connectivity index (χ4n) is 9.12. The first-order chi connectivity index (χ1) is 25.0. The van der Waals surface area contributed by atoms with Gasteiger partial charge in [-0.3, -0.25) is 0 Å². The lowest BCUT2D eigenvalue weighted by Crippen LogP contribution is -2.14. The van der Waals surface area contributed by atoms with E-state index in [9.17, 15) is 0 Å². The first-order valence-corrected chi connectivity index (χ1v) is 18.0. The fourth-order valence-corrected chi connectivity index (χ4v) is 9.12. The van der Waals surface area contributed by atoms with Crippen LogP contribution >= 0.6 is 0 Å². The van der Waals surface area contributed by atoms with Crippen molar-refractivity contribution in [1.29, 1.82) is 0 Å². The molecule has 0 aromatic heterocycles. The number of rotatable bonds is 2. The Kier molecular flexibility index (Phi) is 5.82. The Labute approximate surface area is 297 Å². The summed E-state index contributed by atoms with van der Waals surface area (Å²) in [5.41, 5.74) is 10.5. The summed E-state index contributed by atoms with van der Waals surface area (Å²) in [7, 11) is 0. The largest absolute Gasteiger partial charge is 0.0619 e. The summed E-state index contributed by atoms with van der Waals surface area (Å²) in [6, 6.07) is 63.7. The molecule has 0 heteroatoms. The van der Waals surface area contributed by atoms with Gasteiger partial charge in [0.2, 0.25) is 0 Å². The van der Waals surface area contributed by atoms with E-state index in [-0.39, 0.29) is 5.41 Å². The number of hydrogen-bond donors (Lipinski definition) is 0. The quantitative estimate of drug-likeness (QED) is 0.164. The van der Waals surface area contributed by atoms with Crippen LogP contribution in [0.2, 0.25) is 0 Å². The number of fused-ring (bicyclic) bond motifs is 13. The molecule has 0 spiro atoms. The van der Waals surface area contributed by atoms with Gasteiger partial charge in [0.25, 0.3) is 0 Å². The average molecular weight is 647 g/mol. The molecular formula is C51H34. The summed E-state index contributed by atoms with van der Waals surface area (Å²) >= 11 is 0. The van der Waals surface area contributed by atoms with E-state index in [1.54, 1.807) is 0 Å². The molecule has 0 radical (unpaired) electrons. The van der Waals surface area contributed by atoms with E-state index in [2.05, 4.69) is 184 Å². The number of hydrogen-bond acceptors (Lipinski definition) is 0. The highest BCUT2D eigenvalue weighted by atomic mass is 14.4. The van der Waals surface area contributed by atoms with Crippen LogP contribution in [0, 0.1) is 0 Å². The van der Waals surface area contributed by atoms with Gasteiger partial charge in [-0.2, -0.15) is 0 Å². The van der Waals surface area contributed by atoms with Gasteiger partial charge in [-0.05, 0) is 146 Å². The summed E-state index contributed by atoms with van der Waals surface area (Å²) in [6.45, 7) is 4.73. The first kappa shape index (κ1) is 28.6. The van der Waals surface area contributed by atoms with Crippen molar-refractivity contribution in [1.82, 2.24) is 0 Å². The van der Waals surface area contributed by atoms with Gasteiger partial charge in [-0.25, -0.2) is 0 Å². The van der Waals surface area contributed by atoms with Crippen molar-refractivity contribution in [3.8, 4) is 33.4 Å². The maximum Gasteiger partial charge on any atom is 0.0159 e. The van der Waals surface area contributed by atoms with Gasteiger partial charge in [-0.15, -0.1) is 0 Å². The lowest BCUT2D eigenvalue weighted by atomic mass is 9.81. The van der Waals surface area contributed by atoms with Crippen LogP contribution in [0.4, 0.5) is 0 Å². The molecule has 11 rings (SSSR count). The molecule has 0 saturated carbocycles. The fraction of sp³-hybridized carbons (Fsp3) is 0.0588. The Morgan fingerprint density at radius 1 is 0.275 bits per heavy atom. The van der Waals surface area contributed by atoms with Crippen LogP contribution in [-0.2, 0) is 5.41 Å². The second-order valence-corrected chi connectivity index (χ2v) is 14.9. The minimum absolute atomic E-state index is 0.0217. The summed E-state index contributed by atoms with van der Waals surface area (Å²) in [5.74, 6) is 0.